The van der Waals surface area contributed by atoms with Gasteiger partial charge in [0.1, 0.15) is 5.65 Å². The molecule has 0 aliphatic rings. The zero-order chi connectivity index (χ0) is 16.7. The predicted molar refractivity (Wildman–Crippen MR) is 77.5 cm³/mol. The minimum Gasteiger partial charge on any atom is -0.475 e. The Kier molecular flexibility index (Phi) is 3.44. The number of rotatable bonds is 3. The van der Waals surface area contributed by atoms with Crippen LogP contribution in [0.1, 0.15) is 21.7 Å². The highest BCUT2D eigenvalue weighted by Gasteiger charge is 2.16. The summed E-state index contributed by atoms with van der Waals surface area (Å²) in [5.41, 5.74) is 0.543. The van der Waals surface area contributed by atoms with Gasteiger partial charge in [0.15, 0.2) is 17.2 Å². The van der Waals surface area contributed by atoms with E-state index in [0.29, 0.717) is 11.1 Å². The SMILES string of the molecule is Cn1cc(Cc2ccc(F)c(F)c2)c(=O)c2nc(C(=O)O)[nH]c21. The Bertz CT molecular complexity index is 992. The van der Waals surface area contributed by atoms with Crippen molar-refractivity contribution >= 4 is 17.1 Å². The molecule has 0 bridgehead atoms. The second kappa shape index (κ2) is 5.31. The van der Waals surface area contributed by atoms with E-state index in [-0.39, 0.29) is 23.4 Å². The van der Waals surface area contributed by atoms with Crippen LogP contribution < -0.4 is 5.43 Å². The van der Waals surface area contributed by atoms with Crippen molar-refractivity contribution in [2.24, 2.45) is 7.05 Å². The van der Waals surface area contributed by atoms with Crippen LogP contribution in [0.3, 0.4) is 0 Å². The van der Waals surface area contributed by atoms with E-state index in [1.165, 1.54) is 16.8 Å². The molecule has 0 aliphatic heterocycles. The molecule has 0 saturated carbocycles. The molecule has 2 N–H and O–H groups in total. The first-order valence-electron chi connectivity index (χ1n) is 6.62. The van der Waals surface area contributed by atoms with Crippen molar-refractivity contribution in [3.63, 3.8) is 0 Å². The van der Waals surface area contributed by atoms with Crippen LogP contribution >= 0.6 is 0 Å². The highest BCUT2D eigenvalue weighted by atomic mass is 19.2. The van der Waals surface area contributed by atoms with E-state index in [9.17, 15) is 18.4 Å². The molecule has 2 aromatic heterocycles. The number of carboxylic acids is 1. The molecule has 1 aromatic carbocycles. The lowest BCUT2D eigenvalue weighted by atomic mass is 10.1. The third-order valence-electron chi connectivity index (χ3n) is 3.47. The van der Waals surface area contributed by atoms with Gasteiger partial charge in [-0.25, -0.2) is 18.6 Å². The average Bonchev–Trinajstić information content (AvgIpc) is 2.94. The summed E-state index contributed by atoms with van der Waals surface area (Å²) in [5.74, 6) is -3.57. The van der Waals surface area contributed by atoms with E-state index >= 15 is 0 Å². The number of aromatic carboxylic acids is 1. The van der Waals surface area contributed by atoms with Crippen molar-refractivity contribution in [3.8, 4) is 0 Å². The fourth-order valence-electron chi connectivity index (χ4n) is 2.38. The third kappa shape index (κ3) is 2.59. The number of fused-ring (bicyclic) bond motifs is 1. The minimum atomic E-state index is -1.28. The maximum atomic E-state index is 13.3. The largest absolute Gasteiger partial charge is 0.475 e. The number of hydrogen-bond acceptors (Lipinski definition) is 3. The molecule has 0 spiro atoms. The van der Waals surface area contributed by atoms with Gasteiger partial charge in [-0.2, -0.15) is 0 Å². The number of H-pyrrole nitrogens is 1. The number of pyridine rings is 1. The zero-order valence-corrected chi connectivity index (χ0v) is 11.9. The number of carboxylic acid groups (broad SMARTS) is 1. The molecule has 6 nitrogen and oxygen atoms in total. The van der Waals surface area contributed by atoms with Gasteiger partial charge in [0.2, 0.25) is 11.3 Å². The van der Waals surface area contributed by atoms with Crippen LogP contribution in [0.4, 0.5) is 8.78 Å². The number of benzene rings is 1. The van der Waals surface area contributed by atoms with Crippen molar-refractivity contribution < 1.29 is 18.7 Å². The fraction of sp³-hybridized carbons (Fsp3) is 0.133. The van der Waals surface area contributed by atoms with Crippen LogP contribution in [0.15, 0.2) is 29.2 Å². The number of hydrogen-bond donors (Lipinski definition) is 2. The molecule has 8 heteroatoms. The van der Waals surface area contributed by atoms with Crippen molar-refractivity contribution in [1.29, 1.82) is 0 Å². The van der Waals surface area contributed by atoms with E-state index in [1.807, 2.05) is 0 Å². The van der Waals surface area contributed by atoms with E-state index in [0.717, 1.165) is 12.1 Å². The first kappa shape index (κ1) is 14.9. The van der Waals surface area contributed by atoms with Gasteiger partial charge in [-0.15, -0.1) is 0 Å². The van der Waals surface area contributed by atoms with Crippen LogP contribution in [0.25, 0.3) is 11.2 Å². The molecule has 0 atom stereocenters. The summed E-state index contributed by atoms with van der Waals surface area (Å²) in [6.45, 7) is 0. The minimum absolute atomic E-state index is 0.00927. The highest BCUT2D eigenvalue weighted by Crippen LogP contribution is 2.14. The van der Waals surface area contributed by atoms with Crippen molar-refractivity contribution in [3.05, 3.63) is 63.2 Å². The lowest BCUT2D eigenvalue weighted by Crippen LogP contribution is -2.14. The summed E-state index contributed by atoms with van der Waals surface area (Å²) in [7, 11) is 1.63. The molecule has 3 rings (SSSR count). The summed E-state index contributed by atoms with van der Waals surface area (Å²) in [4.78, 5) is 29.7. The molecule has 0 radical (unpaired) electrons. The van der Waals surface area contributed by atoms with Crippen LogP contribution in [0.5, 0.6) is 0 Å². The summed E-state index contributed by atoms with van der Waals surface area (Å²) >= 11 is 0. The molecule has 0 saturated heterocycles. The maximum absolute atomic E-state index is 13.3. The van der Waals surface area contributed by atoms with Gasteiger partial charge >= 0.3 is 5.97 Å². The number of aromatic amines is 1. The molecule has 23 heavy (non-hydrogen) atoms. The molecule has 2 heterocycles. The van der Waals surface area contributed by atoms with Gasteiger partial charge in [0.05, 0.1) is 0 Å². The molecule has 0 fully saturated rings. The smallest absolute Gasteiger partial charge is 0.371 e. The number of halogens is 2. The summed E-state index contributed by atoms with van der Waals surface area (Å²) in [5, 5.41) is 8.95. The van der Waals surface area contributed by atoms with Crippen LogP contribution in [0, 0.1) is 11.6 Å². The third-order valence-corrected chi connectivity index (χ3v) is 3.47. The van der Waals surface area contributed by atoms with E-state index in [1.54, 1.807) is 7.05 Å². The Morgan fingerprint density at radius 3 is 2.74 bits per heavy atom. The van der Waals surface area contributed by atoms with Gasteiger partial charge in [-0.1, -0.05) is 6.07 Å². The molecule has 0 amide bonds. The number of aryl methyl sites for hydroxylation is 1. The number of nitrogens with zero attached hydrogens (tertiary/aromatic N) is 2. The van der Waals surface area contributed by atoms with Crippen LogP contribution in [-0.2, 0) is 13.5 Å². The Morgan fingerprint density at radius 2 is 2.09 bits per heavy atom. The van der Waals surface area contributed by atoms with E-state index in [4.69, 9.17) is 5.11 Å². The van der Waals surface area contributed by atoms with Crippen molar-refractivity contribution in [1.82, 2.24) is 14.5 Å². The quantitative estimate of drug-likeness (QED) is 0.771. The first-order chi connectivity index (χ1) is 10.9. The van der Waals surface area contributed by atoms with E-state index < -0.39 is 23.0 Å². The van der Waals surface area contributed by atoms with E-state index in [2.05, 4.69) is 9.97 Å². The second-order valence-corrected chi connectivity index (χ2v) is 5.11. The summed E-state index contributed by atoms with van der Waals surface area (Å²) in [6, 6.07) is 3.40. The molecular formula is C15H11F2N3O3. The first-order valence-corrected chi connectivity index (χ1v) is 6.62. The Morgan fingerprint density at radius 1 is 1.35 bits per heavy atom. The molecule has 0 aliphatic carbocycles. The normalized spacial score (nSPS) is 11.1. The molecular weight excluding hydrogens is 308 g/mol. The Labute approximate surface area is 128 Å². The monoisotopic (exact) mass is 319 g/mol. The fourth-order valence-corrected chi connectivity index (χ4v) is 2.38. The predicted octanol–water partition coefficient (Wildman–Crippen LogP) is 1.83. The van der Waals surface area contributed by atoms with Crippen LogP contribution in [-0.4, -0.2) is 25.6 Å². The number of aromatic nitrogens is 3. The number of nitrogens with one attached hydrogen (secondary N) is 1. The van der Waals surface area contributed by atoms with Crippen LogP contribution in [0.2, 0.25) is 0 Å². The lowest BCUT2D eigenvalue weighted by molar-refractivity contribution is 0.0685. The standard InChI is InChI=1S/C15H11F2N3O3/c1-20-6-8(4-7-2-3-9(16)10(17)5-7)12(21)11-14(20)19-13(18-11)15(22)23/h2-3,5-6H,4H2,1H3,(H,18,19)(H,22,23). The lowest BCUT2D eigenvalue weighted by Gasteiger charge is -2.06. The van der Waals surface area contributed by atoms with Gasteiger partial charge in [-0.3, -0.25) is 4.79 Å². The molecule has 3 aromatic rings. The molecule has 118 valence electrons. The average molecular weight is 319 g/mol. The maximum Gasteiger partial charge on any atom is 0.371 e. The Balaban J connectivity index is 2.11. The van der Waals surface area contributed by atoms with Gasteiger partial charge in [-0.05, 0) is 17.7 Å². The van der Waals surface area contributed by atoms with Gasteiger partial charge < -0.3 is 14.7 Å². The summed E-state index contributed by atoms with van der Waals surface area (Å²) in [6.07, 6.45) is 1.59. The Hall–Kier alpha value is -3.03. The zero-order valence-electron chi connectivity index (χ0n) is 11.9. The second-order valence-electron chi connectivity index (χ2n) is 5.11. The number of carbonyl (C=O) groups is 1. The topological polar surface area (TPSA) is 88.0 Å². The highest BCUT2D eigenvalue weighted by molar-refractivity contribution is 5.88. The van der Waals surface area contributed by atoms with Crippen molar-refractivity contribution in [2.45, 2.75) is 6.42 Å². The van der Waals surface area contributed by atoms with Gasteiger partial charge in [0.25, 0.3) is 0 Å². The van der Waals surface area contributed by atoms with Crippen molar-refractivity contribution in [2.75, 3.05) is 0 Å². The van der Waals surface area contributed by atoms with Gasteiger partial charge in [0, 0.05) is 25.2 Å². The summed E-state index contributed by atoms with van der Waals surface area (Å²) < 4.78 is 27.8. The molecule has 0 unspecified atom stereocenters. The number of imidazole rings is 1.